The molecular weight excluding hydrogens is 483 g/mol. The average Bonchev–Trinajstić information content (AvgIpc) is 3.25. The Morgan fingerprint density at radius 1 is 0.625 bits per heavy atom. The van der Waals surface area contributed by atoms with Gasteiger partial charge in [-0.25, -0.2) is 0 Å². The maximum Gasteiger partial charge on any atom is -1.00 e. The van der Waals surface area contributed by atoms with Gasteiger partial charge in [-0.05, 0) is 0 Å². The zero-order valence-electron chi connectivity index (χ0n) is 19.7. The largest absolute Gasteiger partial charge is 1.00 e. The molecule has 0 radical (unpaired) electrons. The first-order valence-electron chi connectivity index (χ1n) is 13.1. The normalized spacial score (nSPS) is 52.4. The summed E-state index contributed by atoms with van der Waals surface area (Å²) in [4.78, 5) is 0. The smallest absolute Gasteiger partial charge is 1.00 e. The minimum absolute atomic E-state index is 0. The number of rotatable bonds is 0. The first-order chi connectivity index (χ1) is 14.6. The van der Waals surface area contributed by atoms with Crippen LogP contribution >= 0.6 is 0 Å². The van der Waals surface area contributed by atoms with Crippen molar-refractivity contribution in [3.05, 3.63) is 48.6 Å². The molecule has 7 rings (SSSR count). The summed E-state index contributed by atoms with van der Waals surface area (Å²) < 4.78 is 2.21. The molecule has 2 spiro atoms. The Kier molecular flexibility index (Phi) is 6.24. The van der Waals surface area contributed by atoms with Gasteiger partial charge in [0, 0.05) is 0 Å². The van der Waals surface area contributed by atoms with E-state index < -0.39 is 8.07 Å². The molecule has 0 aromatic rings. The predicted molar refractivity (Wildman–Crippen MR) is 125 cm³/mol. The fraction of sp³-hybridized carbons (Fsp3) is 0.714. The van der Waals surface area contributed by atoms with Gasteiger partial charge in [0.2, 0.25) is 0 Å². The maximum absolute atomic E-state index is 2.98. The summed E-state index contributed by atoms with van der Waals surface area (Å²) in [5.41, 5.74) is 0. The molecule has 6 aliphatic carbocycles. The van der Waals surface area contributed by atoms with E-state index in [1.54, 1.807) is 38.5 Å². The van der Waals surface area contributed by atoms with Crippen molar-refractivity contribution >= 4 is 8.07 Å². The molecule has 4 saturated carbocycles. The van der Waals surface area contributed by atoms with Gasteiger partial charge in [-0.15, -0.1) is 0 Å². The molecule has 1 aliphatic heterocycles. The van der Waals surface area contributed by atoms with Crippen LogP contribution in [0, 0.1) is 35.5 Å². The molecule has 1 saturated heterocycles. The second-order valence-electron chi connectivity index (χ2n) is 12.4. The van der Waals surface area contributed by atoms with Crippen LogP contribution in [0.15, 0.2) is 48.6 Å². The van der Waals surface area contributed by atoms with Gasteiger partial charge in [0.05, 0.1) is 0 Å². The van der Waals surface area contributed by atoms with Crippen molar-refractivity contribution in [2.45, 2.75) is 83.0 Å². The number of allylic oxidation sites excluding steroid dienone is 8. The fourth-order valence-electron chi connectivity index (χ4n) is 11.2. The van der Waals surface area contributed by atoms with Crippen molar-refractivity contribution in [2.24, 2.45) is 35.5 Å². The van der Waals surface area contributed by atoms with Crippen LogP contribution in [-0.4, -0.2) is 8.07 Å². The van der Waals surface area contributed by atoms with Gasteiger partial charge in [-0.2, -0.15) is 0 Å². The summed E-state index contributed by atoms with van der Waals surface area (Å²) in [7, 11) is -1.50. The van der Waals surface area contributed by atoms with Crippen LogP contribution in [0.2, 0.25) is 31.6 Å². The Morgan fingerprint density at radius 2 is 1.03 bits per heavy atom. The average molecular weight is 521 g/mol. The van der Waals surface area contributed by atoms with Crippen LogP contribution in [0.1, 0.15) is 51.4 Å². The molecule has 7 aliphatic rings. The van der Waals surface area contributed by atoms with Crippen LogP contribution in [0.5, 0.6) is 0 Å². The van der Waals surface area contributed by atoms with E-state index in [1.807, 2.05) is 0 Å². The Bertz CT molecular complexity index is 809. The molecule has 32 heavy (non-hydrogen) atoms. The summed E-state index contributed by atoms with van der Waals surface area (Å²) in [5, 5.41) is 1.54. The molecule has 1 heterocycles. The summed E-state index contributed by atoms with van der Waals surface area (Å²) >= 11 is 0.0486. The Hall–Kier alpha value is 0.471. The number of halogens is 2. The maximum atomic E-state index is 2.98. The minimum atomic E-state index is -1.50. The van der Waals surface area contributed by atoms with E-state index in [0.717, 1.165) is 54.0 Å². The van der Waals surface area contributed by atoms with Gasteiger partial charge >= 0.3 is 194 Å². The number of hydrogen-bond donors (Lipinski definition) is 0. The molecular formula is C28H38Cl2SiTi. The van der Waals surface area contributed by atoms with E-state index in [4.69, 9.17) is 0 Å². The molecule has 5 fully saturated rings. The van der Waals surface area contributed by atoms with Crippen LogP contribution in [-0.2, 0) is 19.2 Å². The first kappa shape index (κ1) is 24.2. The standard InChI is InChI=1S/C28H38Si.2ClH.Ti/c1-29(2,27-17-9-7-15-25(27)23-13-5-3-11-21(23)19-27)28-18-10-8-16-26(28)24-14-6-4-12-22(24)20-28;;;/h3-6,11-14,19-26H,7-10,15-18H2,1-2H3;2*1H;/q;;;+2/p-2. The van der Waals surface area contributed by atoms with E-state index in [9.17, 15) is 0 Å². The van der Waals surface area contributed by atoms with Crippen LogP contribution in [0.4, 0.5) is 0 Å². The van der Waals surface area contributed by atoms with Crippen molar-refractivity contribution in [3.63, 3.8) is 0 Å². The molecule has 10 unspecified atom stereocenters. The topological polar surface area (TPSA) is 0 Å². The Balaban J connectivity index is 0.00000108. The predicted octanol–water partition coefficient (Wildman–Crippen LogP) is 1.98. The summed E-state index contributed by atoms with van der Waals surface area (Å²) in [6, 6.07) is 0. The van der Waals surface area contributed by atoms with Crippen molar-refractivity contribution < 1.29 is 44.0 Å². The van der Waals surface area contributed by atoms with Gasteiger partial charge in [0.25, 0.3) is 0 Å². The van der Waals surface area contributed by atoms with E-state index in [2.05, 4.69) is 61.7 Å². The van der Waals surface area contributed by atoms with E-state index in [-0.39, 0.29) is 44.0 Å². The summed E-state index contributed by atoms with van der Waals surface area (Å²) in [5.74, 6) is 5.66. The molecule has 172 valence electrons. The molecule has 10 atom stereocenters. The molecule has 0 aromatic carbocycles. The molecule has 0 nitrogen and oxygen atoms in total. The fourth-order valence-corrected chi connectivity index (χ4v) is 26.6. The second kappa shape index (κ2) is 8.26. The first-order valence-corrected chi connectivity index (χ1v) is 17.9. The van der Waals surface area contributed by atoms with E-state index in [0.29, 0.717) is 0 Å². The summed E-state index contributed by atoms with van der Waals surface area (Å²) in [6.07, 6.45) is 32.9. The van der Waals surface area contributed by atoms with Gasteiger partial charge in [0.15, 0.2) is 0 Å². The van der Waals surface area contributed by atoms with Crippen LogP contribution in [0.25, 0.3) is 0 Å². The van der Waals surface area contributed by atoms with Crippen LogP contribution in [0.3, 0.4) is 0 Å². The number of hydrogen-bond acceptors (Lipinski definition) is 0. The quantitative estimate of drug-likeness (QED) is 0.428. The SMILES string of the molecule is C[Si]1(C)C23CCCCC2C2C=CC=CC2[CH]3[Ti+2][CH]2C3C=CC=CC3C3CCCCC321.[Cl-].[Cl-]. The third-order valence-electron chi connectivity index (χ3n) is 12.0. The number of fused-ring (bicyclic) bond motifs is 6. The van der Waals surface area contributed by atoms with Gasteiger partial charge < -0.3 is 24.8 Å². The molecule has 0 bridgehead atoms. The Labute approximate surface area is 218 Å². The summed E-state index contributed by atoms with van der Waals surface area (Å²) in [6.45, 7) is 5.95. The Morgan fingerprint density at radius 3 is 1.47 bits per heavy atom. The van der Waals surface area contributed by atoms with Crippen molar-refractivity contribution in [1.29, 1.82) is 0 Å². The van der Waals surface area contributed by atoms with Crippen LogP contribution < -0.4 is 24.8 Å². The monoisotopic (exact) mass is 520 g/mol. The van der Waals surface area contributed by atoms with E-state index >= 15 is 0 Å². The molecule has 0 aromatic heterocycles. The van der Waals surface area contributed by atoms with Crippen molar-refractivity contribution in [3.8, 4) is 0 Å². The van der Waals surface area contributed by atoms with Gasteiger partial charge in [-0.3, -0.25) is 0 Å². The van der Waals surface area contributed by atoms with Gasteiger partial charge in [-0.1, -0.05) is 0 Å². The van der Waals surface area contributed by atoms with Gasteiger partial charge in [0.1, 0.15) is 0 Å². The zero-order chi connectivity index (χ0) is 20.1. The van der Waals surface area contributed by atoms with Crippen molar-refractivity contribution in [2.75, 3.05) is 0 Å². The minimum Gasteiger partial charge on any atom is -1.00 e. The van der Waals surface area contributed by atoms with E-state index in [1.165, 1.54) is 12.8 Å². The van der Waals surface area contributed by atoms with Crippen molar-refractivity contribution in [1.82, 2.24) is 0 Å². The molecule has 0 amide bonds. The molecule has 0 N–H and O–H groups in total. The third kappa shape index (κ3) is 2.62. The second-order valence-corrected chi connectivity index (χ2v) is 20.0. The molecule has 4 heteroatoms. The zero-order valence-corrected chi connectivity index (χ0v) is 23.7. The third-order valence-corrected chi connectivity index (χ3v) is 23.3.